The second-order valence-electron chi connectivity index (χ2n) is 8.73. The summed E-state index contributed by atoms with van der Waals surface area (Å²) in [4.78, 5) is 18.4. The first-order chi connectivity index (χ1) is 15.5. The number of halogens is 1. The third kappa shape index (κ3) is 4.92. The Balaban J connectivity index is 1.51. The van der Waals surface area contributed by atoms with Crippen LogP contribution >= 0.6 is 11.6 Å². The molecule has 2 aliphatic rings. The zero-order valence-electron chi connectivity index (χ0n) is 18.6. The Morgan fingerprint density at radius 2 is 2.22 bits per heavy atom. The average molecular weight is 458 g/mol. The number of rotatable bonds is 9. The SMILES string of the molecule is CC[C@H](CCOC1(c2cccc(Cl)c2)CCCN1CC(=O)O)c1ccc2c(n1)NCCC2. The van der Waals surface area contributed by atoms with Crippen LogP contribution in [0.25, 0.3) is 0 Å². The number of carboxylic acids is 1. The summed E-state index contributed by atoms with van der Waals surface area (Å²) in [6.07, 6.45) is 5.66. The number of fused-ring (bicyclic) bond motifs is 1. The van der Waals surface area contributed by atoms with Crippen molar-refractivity contribution in [2.24, 2.45) is 0 Å². The van der Waals surface area contributed by atoms with Gasteiger partial charge in [-0.25, -0.2) is 4.98 Å². The van der Waals surface area contributed by atoms with Gasteiger partial charge in [-0.05, 0) is 62.3 Å². The van der Waals surface area contributed by atoms with Crippen molar-refractivity contribution >= 4 is 23.4 Å². The summed E-state index contributed by atoms with van der Waals surface area (Å²) in [6.45, 7) is 4.31. The Morgan fingerprint density at radius 3 is 3.00 bits per heavy atom. The minimum Gasteiger partial charge on any atom is -0.480 e. The summed E-state index contributed by atoms with van der Waals surface area (Å²) >= 11 is 6.28. The predicted octanol–water partition coefficient (Wildman–Crippen LogP) is 5.03. The number of nitrogens with zero attached hydrogens (tertiary/aromatic N) is 2. The van der Waals surface area contributed by atoms with Crippen molar-refractivity contribution in [3.63, 3.8) is 0 Å². The van der Waals surface area contributed by atoms with Crippen molar-refractivity contribution in [2.75, 3.05) is 31.6 Å². The fourth-order valence-corrected chi connectivity index (χ4v) is 5.22. The molecular formula is C25H32ClN3O3. The largest absolute Gasteiger partial charge is 0.480 e. The maximum atomic E-state index is 11.5. The van der Waals surface area contributed by atoms with Gasteiger partial charge in [-0.15, -0.1) is 0 Å². The second kappa shape index (κ2) is 10.2. The number of hydrogen-bond donors (Lipinski definition) is 2. The first-order valence-electron chi connectivity index (χ1n) is 11.6. The smallest absolute Gasteiger partial charge is 0.317 e. The molecule has 4 rings (SSSR count). The number of hydrogen-bond acceptors (Lipinski definition) is 5. The van der Waals surface area contributed by atoms with Crippen LogP contribution in [0.1, 0.15) is 61.8 Å². The van der Waals surface area contributed by atoms with E-state index >= 15 is 0 Å². The molecule has 7 heteroatoms. The van der Waals surface area contributed by atoms with E-state index in [1.807, 2.05) is 29.2 Å². The van der Waals surface area contributed by atoms with Crippen molar-refractivity contribution in [2.45, 2.75) is 57.1 Å². The van der Waals surface area contributed by atoms with Crippen molar-refractivity contribution in [1.82, 2.24) is 9.88 Å². The predicted molar refractivity (Wildman–Crippen MR) is 126 cm³/mol. The van der Waals surface area contributed by atoms with Gasteiger partial charge < -0.3 is 15.2 Å². The molecule has 32 heavy (non-hydrogen) atoms. The molecular weight excluding hydrogens is 426 g/mol. The lowest BCUT2D eigenvalue weighted by atomic mass is 9.96. The lowest BCUT2D eigenvalue weighted by molar-refractivity contribution is -0.162. The first-order valence-corrected chi connectivity index (χ1v) is 12.0. The van der Waals surface area contributed by atoms with Gasteiger partial charge in [0.2, 0.25) is 0 Å². The Morgan fingerprint density at radius 1 is 1.34 bits per heavy atom. The van der Waals surface area contributed by atoms with E-state index in [1.165, 1.54) is 5.56 Å². The van der Waals surface area contributed by atoms with Crippen molar-refractivity contribution in [3.8, 4) is 0 Å². The fourth-order valence-electron chi connectivity index (χ4n) is 5.03. The van der Waals surface area contributed by atoms with Crippen molar-refractivity contribution < 1.29 is 14.6 Å². The van der Waals surface area contributed by atoms with Crippen LogP contribution in [0.4, 0.5) is 5.82 Å². The van der Waals surface area contributed by atoms with Crippen LogP contribution in [0.15, 0.2) is 36.4 Å². The van der Waals surface area contributed by atoms with E-state index in [2.05, 4.69) is 24.4 Å². The molecule has 2 N–H and O–H groups in total. The quantitative estimate of drug-likeness (QED) is 0.550. The minimum atomic E-state index is -0.848. The van der Waals surface area contributed by atoms with Gasteiger partial charge in [0.05, 0.1) is 6.54 Å². The summed E-state index contributed by atoms with van der Waals surface area (Å²) < 4.78 is 6.57. The van der Waals surface area contributed by atoms with Crippen molar-refractivity contribution in [3.05, 3.63) is 58.2 Å². The molecule has 0 spiro atoms. The van der Waals surface area contributed by atoms with Gasteiger partial charge in [0.15, 0.2) is 0 Å². The Labute approximate surface area is 194 Å². The minimum absolute atomic E-state index is 0.0538. The highest BCUT2D eigenvalue weighted by molar-refractivity contribution is 6.30. The molecule has 3 heterocycles. The molecule has 1 unspecified atom stereocenters. The van der Waals surface area contributed by atoms with Gasteiger partial charge in [-0.3, -0.25) is 9.69 Å². The maximum Gasteiger partial charge on any atom is 0.317 e. The third-order valence-electron chi connectivity index (χ3n) is 6.69. The summed E-state index contributed by atoms with van der Waals surface area (Å²) in [5, 5.41) is 13.5. The summed E-state index contributed by atoms with van der Waals surface area (Å²) in [5.41, 5.74) is 2.55. The number of ether oxygens (including phenoxy) is 1. The molecule has 172 valence electrons. The van der Waals surface area contributed by atoms with E-state index in [0.29, 0.717) is 18.2 Å². The second-order valence-corrected chi connectivity index (χ2v) is 9.17. The fraction of sp³-hybridized carbons (Fsp3) is 0.520. The monoisotopic (exact) mass is 457 g/mol. The van der Waals surface area contributed by atoms with Gasteiger partial charge in [0, 0.05) is 41.9 Å². The van der Waals surface area contributed by atoms with Gasteiger partial charge in [-0.2, -0.15) is 0 Å². The molecule has 2 atom stereocenters. The highest BCUT2D eigenvalue weighted by Gasteiger charge is 2.44. The standard InChI is InChI=1S/C25H32ClN3O3/c1-2-18(22-10-9-19-6-4-13-27-24(19)28-22)11-15-32-25(20-7-3-8-21(26)16-20)12-5-14-29(25)17-23(30)31/h3,7-10,16,18H,2,4-6,11-15,17H2,1H3,(H,27,28)(H,30,31)/t18-,25?/m1/s1. The third-order valence-corrected chi connectivity index (χ3v) is 6.93. The van der Waals surface area contributed by atoms with E-state index in [4.69, 9.17) is 21.3 Å². The van der Waals surface area contributed by atoms with Gasteiger partial charge in [0.1, 0.15) is 11.5 Å². The molecule has 6 nitrogen and oxygen atoms in total. The number of aromatic nitrogens is 1. The average Bonchev–Trinajstić information content (AvgIpc) is 3.19. The van der Waals surface area contributed by atoms with Gasteiger partial charge in [-0.1, -0.05) is 36.7 Å². The number of carbonyl (C=O) groups is 1. The molecule has 0 radical (unpaired) electrons. The number of likely N-dealkylation sites (tertiary alicyclic amines) is 1. The van der Waals surface area contributed by atoms with E-state index in [1.54, 1.807) is 0 Å². The van der Waals surface area contributed by atoms with E-state index < -0.39 is 11.7 Å². The molecule has 1 aromatic heterocycles. The molecule has 1 saturated heterocycles. The van der Waals surface area contributed by atoms with Crippen LogP contribution in [0, 0.1) is 0 Å². The lowest BCUT2D eigenvalue weighted by Crippen LogP contribution is -2.46. The first kappa shape index (κ1) is 23.0. The maximum absolute atomic E-state index is 11.5. The molecule has 1 aromatic carbocycles. The zero-order chi connectivity index (χ0) is 22.6. The molecule has 0 amide bonds. The molecule has 0 bridgehead atoms. The highest BCUT2D eigenvalue weighted by atomic mass is 35.5. The van der Waals surface area contributed by atoms with Crippen LogP contribution in [0.5, 0.6) is 0 Å². The molecule has 2 aliphatic heterocycles. The molecule has 2 aromatic rings. The molecule has 0 saturated carbocycles. The van der Waals surface area contributed by atoms with Crippen molar-refractivity contribution in [1.29, 1.82) is 0 Å². The summed E-state index contributed by atoms with van der Waals surface area (Å²) in [7, 11) is 0. The van der Waals surface area contributed by atoms with Crippen LogP contribution in [0.2, 0.25) is 5.02 Å². The summed E-state index contributed by atoms with van der Waals surface area (Å²) in [6, 6.07) is 12.0. The van der Waals surface area contributed by atoms with E-state index in [9.17, 15) is 9.90 Å². The Bertz CT molecular complexity index is 954. The lowest BCUT2D eigenvalue weighted by Gasteiger charge is -2.38. The van der Waals surface area contributed by atoms with Gasteiger partial charge >= 0.3 is 5.97 Å². The number of benzene rings is 1. The molecule has 1 fully saturated rings. The molecule has 0 aliphatic carbocycles. The van der Waals surface area contributed by atoms with Crippen LogP contribution in [-0.2, 0) is 21.7 Å². The highest BCUT2D eigenvalue weighted by Crippen LogP contribution is 2.41. The zero-order valence-corrected chi connectivity index (χ0v) is 19.4. The Hall–Kier alpha value is -2.15. The number of nitrogens with one attached hydrogen (secondary N) is 1. The van der Waals surface area contributed by atoms with E-state index in [0.717, 1.165) is 62.1 Å². The Kier molecular flexibility index (Phi) is 7.33. The normalized spacial score (nSPS) is 21.7. The van der Waals surface area contributed by atoms with Crippen LogP contribution in [0.3, 0.4) is 0 Å². The number of aryl methyl sites for hydroxylation is 1. The summed E-state index contributed by atoms with van der Waals surface area (Å²) in [5.74, 6) is 0.459. The number of anilines is 1. The number of pyridine rings is 1. The van der Waals surface area contributed by atoms with Crippen LogP contribution < -0.4 is 5.32 Å². The van der Waals surface area contributed by atoms with Crippen LogP contribution in [-0.4, -0.2) is 47.2 Å². The number of aliphatic carboxylic acids is 1. The topological polar surface area (TPSA) is 74.7 Å². The van der Waals surface area contributed by atoms with Gasteiger partial charge in [0.25, 0.3) is 0 Å². The number of carboxylic acid groups (broad SMARTS) is 1. The van der Waals surface area contributed by atoms with E-state index in [-0.39, 0.29) is 12.5 Å².